The molecule has 1 amide bonds. The van der Waals surface area contributed by atoms with Crippen LogP contribution >= 0.6 is 0 Å². The number of carbonyl (C=O) groups is 1. The van der Waals surface area contributed by atoms with Gasteiger partial charge in [0, 0.05) is 26.0 Å². The fourth-order valence-corrected chi connectivity index (χ4v) is 2.70. The van der Waals surface area contributed by atoms with Crippen LogP contribution in [0.3, 0.4) is 0 Å². The molecule has 1 aliphatic rings. The summed E-state index contributed by atoms with van der Waals surface area (Å²) in [5.74, 6) is 0.843. The molecule has 2 heterocycles. The maximum Gasteiger partial charge on any atom is 0.220 e. The third kappa shape index (κ3) is 3.82. The molecule has 0 bridgehead atoms. The highest BCUT2D eigenvalue weighted by Crippen LogP contribution is 2.14. The molecule has 1 unspecified atom stereocenters. The van der Waals surface area contributed by atoms with Crippen LogP contribution in [0.1, 0.15) is 25.1 Å². The Morgan fingerprint density at radius 3 is 3.23 bits per heavy atom. The van der Waals surface area contributed by atoms with Gasteiger partial charge in [-0.05, 0) is 37.0 Å². The van der Waals surface area contributed by atoms with Gasteiger partial charge in [0.05, 0.1) is 17.6 Å². The Morgan fingerprint density at radius 2 is 2.41 bits per heavy atom. The van der Waals surface area contributed by atoms with Crippen molar-refractivity contribution in [2.75, 3.05) is 19.8 Å². The highest BCUT2D eigenvalue weighted by atomic mass is 19.1. The Morgan fingerprint density at radius 1 is 1.50 bits per heavy atom. The van der Waals surface area contributed by atoms with Crippen molar-refractivity contribution in [1.29, 1.82) is 0 Å². The molecule has 2 aromatic rings. The van der Waals surface area contributed by atoms with Gasteiger partial charge in [-0.25, -0.2) is 9.37 Å². The number of hydrogen-bond donors (Lipinski definition) is 2. The van der Waals surface area contributed by atoms with Crippen LogP contribution in [0.25, 0.3) is 11.0 Å². The lowest BCUT2D eigenvalue weighted by molar-refractivity contribution is -0.121. The second-order valence-corrected chi connectivity index (χ2v) is 5.73. The van der Waals surface area contributed by atoms with Crippen molar-refractivity contribution in [3.8, 4) is 0 Å². The number of benzene rings is 1. The highest BCUT2D eigenvalue weighted by Gasteiger charge is 2.15. The van der Waals surface area contributed by atoms with E-state index in [0.29, 0.717) is 36.6 Å². The minimum Gasteiger partial charge on any atom is -0.381 e. The molecule has 22 heavy (non-hydrogen) atoms. The molecule has 1 aromatic heterocycles. The SMILES string of the molecule is O=C(CCc1nc2ccc(F)cc2[nH]1)NCC1CCCOC1. The molecular weight excluding hydrogens is 285 g/mol. The highest BCUT2D eigenvalue weighted by molar-refractivity contribution is 5.77. The van der Waals surface area contributed by atoms with Crippen LogP contribution < -0.4 is 5.32 Å². The van der Waals surface area contributed by atoms with E-state index >= 15 is 0 Å². The molecule has 3 rings (SSSR count). The lowest BCUT2D eigenvalue weighted by Crippen LogP contribution is -2.33. The van der Waals surface area contributed by atoms with E-state index in [9.17, 15) is 9.18 Å². The molecule has 6 heteroatoms. The fourth-order valence-electron chi connectivity index (χ4n) is 2.70. The summed E-state index contributed by atoms with van der Waals surface area (Å²) in [6.45, 7) is 2.23. The summed E-state index contributed by atoms with van der Waals surface area (Å²) >= 11 is 0. The molecule has 1 fully saturated rings. The maximum absolute atomic E-state index is 13.1. The molecule has 118 valence electrons. The predicted octanol–water partition coefficient (Wildman–Crippen LogP) is 2.18. The number of fused-ring (bicyclic) bond motifs is 1. The van der Waals surface area contributed by atoms with Crippen LogP contribution in [0.4, 0.5) is 4.39 Å². The molecule has 1 aromatic carbocycles. The zero-order valence-electron chi connectivity index (χ0n) is 12.4. The minimum absolute atomic E-state index is 0.0113. The van der Waals surface area contributed by atoms with Crippen LogP contribution in [-0.2, 0) is 16.0 Å². The van der Waals surface area contributed by atoms with Gasteiger partial charge in [-0.2, -0.15) is 0 Å². The second kappa shape index (κ2) is 6.87. The Kier molecular flexibility index (Phi) is 4.68. The van der Waals surface area contributed by atoms with E-state index in [-0.39, 0.29) is 11.7 Å². The van der Waals surface area contributed by atoms with Crippen LogP contribution in [0.2, 0.25) is 0 Å². The van der Waals surface area contributed by atoms with Gasteiger partial charge in [0.2, 0.25) is 5.91 Å². The number of H-pyrrole nitrogens is 1. The van der Waals surface area contributed by atoms with E-state index < -0.39 is 0 Å². The number of nitrogens with one attached hydrogen (secondary N) is 2. The standard InChI is InChI=1S/C16H20FN3O2/c17-12-3-4-13-14(8-12)20-15(19-13)5-6-16(21)18-9-11-2-1-7-22-10-11/h3-4,8,11H,1-2,5-7,9-10H2,(H,18,21)(H,19,20). The molecule has 0 spiro atoms. The van der Waals surface area contributed by atoms with Crippen LogP contribution in [0.15, 0.2) is 18.2 Å². The van der Waals surface area contributed by atoms with E-state index in [0.717, 1.165) is 31.6 Å². The Bertz CT molecular complexity index is 650. The van der Waals surface area contributed by atoms with Gasteiger partial charge < -0.3 is 15.0 Å². The second-order valence-electron chi connectivity index (χ2n) is 5.73. The van der Waals surface area contributed by atoms with Crippen LogP contribution in [0, 0.1) is 11.7 Å². The summed E-state index contributed by atoms with van der Waals surface area (Å²) in [6, 6.07) is 4.43. The van der Waals surface area contributed by atoms with Gasteiger partial charge in [0.1, 0.15) is 11.6 Å². The molecule has 0 radical (unpaired) electrons. The number of amides is 1. The average molecular weight is 305 g/mol. The topological polar surface area (TPSA) is 67.0 Å². The molecule has 2 N–H and O–H groups in total. The molecule has 0 saturated carbocycles. The Balaban J connectivity index is 1.47. The van der Waals surface area contributed by atoms with E-state index in [1.165, 1.54) is 12.1 Å². The zero-order valence-corrected chi connectivity index (χ0v) is 12.4. The average Bonchev–Trinajstić information content (AvgIpc) is 2.94. The predicted molar refractivity (Wildman–Crippen MR) is 80.9 cm³/mol. The van der Waals surface area contributed by atoms with Crippen molar-refractivity contribution < 1.29 is 13.9 Å². The normalized spacial score (nSPS) is 18.5. The number of imidazole rings is 1. The maximum atomic E-state index is 13.1. The van der Waals surface area contributed by atoms with E-state index in [4.69, 9.17) is 4.74 Å². The fraction of sp³-hybridized carbons (Fsp3) is 0.500. The third-order valence-corrected chi connectivity index (χ3v) is 3.92. The first-order chi connectivity index (χ1) is 10.7. The van der Waals surface area contributed by atoms with Crippen LogP contribution in [0.5, 0.6) is 0 Å². The molecule has 1 aliphatic heterocycles. The summed E-state index contributed by atoms with van der Waals surface area (Å²) in [6.07, 6.45) is 3.06. The molecular formula is C16H20FN3O2. The number of aryl methyl sites for hydroxylation is 1. The zero-order chi connectivity index (χ0) is 15.4. The Hall–Kier alpha value is -1.95. The number of carbonyl (C=O) groups excluding carboxylic acids is 1. The summed E-state index contributed by atoms with van der Waals surface area (Å²) in [7, 11) is 0. The van der Waals surface area contributed by atoms with Gasteiger partial charge in [0.25, 0.3) is 0 Å². The third-order valence-electron chi connectivity index (χ3n) is 3.92. The molecule has 5 nitrogen and oxygen atoms in total. The van der Waals surface area contributed by atoms with Gasteiger partial charge >= 0.3 is 0 Å². The number of hydrogen-bond acceptors (Lipinski definition) is 3. The van der Waals surface area contributed by atoms with Gasteiger partial charge in [0.15, 0.2) is 0 Å². The summed E-state index contributed by atoms with van der Waals surface area (Å²) < 4.78 is 18.5. The van der Waals surface area contributed by atoms with Crippen LogP contribution in [-0.4, -0.2) is 35.6 Å². The summed E-state index contributed by atoms with van der Waals surface area (Å²) in [4.78, 5) is 19.3. The first-order valence-electron chi connectivity index (χ1n) is 7.69. The van der Waals surface area contributed by atoms with Crippen molar-refractivity contribution in [3.05, 3.63) is 29.8 Å². The van der Waals surface area contributed by atoms with Crippen molar-refractivity contribution >= 4 is 16.9 Å². The first kappa shape index (κ1) is 15.0. The van der Waals surface area contributed by atoms with Crippen molar-refractivity contribution in [2.45, 2.75) is 25.7 Å². The number of halogens is 1. The monoisotopic (exact) mass is 305 g/mol. The number of ether oxygens (including phenoxy) is 1. The van der Waals surface area contributed by atoms with Crippen molar-refractivity contribution in [1.82, 2.24) is 15.3 Å². The van der Waals surface area contributed by atoms with Gasteiger partial charge in [-0.15, -0.1) is 0 Å². The number of aromatic nitrogens is 2. The Labute approximate surface area is 128 Å². The number of aromatic amines is 1. The number of rotatable bonds is 5. The van der Waals surface area contributed by atoms with Crippen molar-refractivity contribution in [3.63, 3.8) is 0 Å². The van der Waals surface area contributed by atoms with Crippen molar-refractivity contribution in [2.24, 2.45) is 5.92 Å². The van der Waals surface area contributed by atoms with Gasteiger partial charge in [-0.1, -0.05) is 0 Å². The molecule has 0 aliphatic carbocycles. The minimum atomic E-state index is -0.296. The molecule has 1 atom stereocenters. The molecule has 1 saturated heterocycles. The van der Waals surface area contributed by atoms with E-state index in [2.05, 4.69) is 15.3 Å². The first-order valence-corrected chi connectivity index (χ1v) is 7.69. The smallest absolute Gasteiger partial charge is 0.220 e. The lowest BCUT2D eigenvalue weighted by Gasteiger charge is -2.22. The van der Waals surface area contributed by atoms with Gasteiger partial charge in [-0.3, -0.25) is 4.79 Å². The van der Waals surface area contributed by atoms with E-state index in [1.807, 2.05) is 0 Å². The largest absolute Gasteiger partial charge is 0.381 e. The quantitative estimate of drug-likeness (QED) is 0.889. The van der Waals surface area contributed by atoms with E-state index in [1.54, 1.807) is 6.07 Å². The summed E-state index contributed by atoms with van der Waals surface area (Å²) in [5, 5.41) is 2.94. The summed E-state index contributed by atoms with van der Waals surface area (Å²) in [5.41, 5.74) is 1.38. The number of nitrogens with zero attached hydrogens (tertiary/aromatic N) is 1. The lowest BCUT2D eigenvalue weighted by atomic mass is 10.0.